The molecule has 0 aliphatic rings. The van der Waals surface area contributed by atoms with Gasteiger partial charge in [-0.25, -0.2) is 0 Å². The molecule has 0 bridgehead atoms. The molecular weight excluding hydrogens is 483 g/mol. The van der Waals surface area contributed by atoms with Crippen LogP contribution < -0.4 is 0 Å². The van der Waals surface area contributed by atoms with E-state index in [4.69, 9.17) is 5.11 Å². The molecule has 3 aromatic heterocycles. The van der Waals surface area contributed by atoms with Gasteiger partial charge in [0.2, 0.25) is 17.3 Å². The average Bonchev–Trinajstić information content (AvgIpc) is 3.47. The van der Waals surface area contributed by atoms with Gasteiger partial charge in [-0.15, -0.1) is 0 Å². The van der Waals surface area contributed by atoms with Crippen molar-refractivity contribution in [2.45, 2.75) is 25.1 Å². The van der Waals surface area contributed by atoms with Crippen molar-refractivity contribution in [1.82, 2.24) is 0 Å². The lowest BCUT2D eigenvalue weighted by Crippen LogP contribution is -2.02. The molecular formula is C18H11F9O6. The van der Waals surface area contributed by atoms with Crippen molar-refractivity contribution in [3.8, 4) is 0 Å². The van der Waals surface area contributed by atoms with Gasteiger partial charge in [0, 0.05) is 0 Å². The Hall–Kier alpha value is -3.49. The van der Waals surface area contributed by atoms with E-state index in [0.29, 0.717) is 12.1 Å². The lowest BCUT2D eigenvalue weighted by Gasteiger charge is -1.99. The van der Waals surface area contributed by atoms with Crippen molar-refractivity contribution >= 4 is 12.6 Å². The van der Waals surface area contributed by atoms with E-state index in [0.717, 1.165) is 24.3 Å². The Morgan fingerprint density at radius 1 is 0.606 bits per heavy atom. The molecule has 0 radical (unpaired) electrons. The van der Waals surface area contributed by atoms with E-state index in [-0.39, 0.29) is 29.9 Å². The molecule has 182 valence electrons. The Morgan fingerprint density at radius 3 is 1.12 bits per heavy atom. The molecule has 3 aromatic rings. The summed E-state index contributed by atoms with van der Waals surface area (Å²) < 4.78 is 118. The van der Waals surface area contributed by atoms with Crippen LogP contribution in [-0.2, 0) is 25.1 Å². The number of hydrogen-bond acceptors (Lipinski definition) is 6. The van der Waals surface area contributed by atoms with E-state index >= 15 is 0 Å². The summed E-state index contributed by atoms with van der Waals surface area (Å²) >= 11 is 0. The van der Waals surface area contributed by atoms with Crippen LogP contribution in [0.5, 0.6) is 0 Å². The van der Waals surface area contributed by atoms with Gasteiger partial charge >= 0.3 is 18.5 Å². The highest BCUT2D eigenvalue weighted by molar-refractivity contribution is 5.70. The van der Waals surface area contributed by atoms with Gasteiger partial charge in [-0.1, -0.05) is 0 Å². The first-order chi connectivity index (χ1) is 15.1. The first-order valence-corrected chi connectivity index (χ1v) is 8.13. The summed E-state index contributed by atoms with van der Waals surface area (Å²) in [5, 5.41) is 8.36. The van der Waals surface area contributed by atoms with Crippen LogP contribution in [0.3, 0.4) is 0 Å². The van der Waals surface area contributed by atoms with Gasteiger partial charge in [0.1, 0.15) is 12.4 Å². The lowest BCUT2D eigenvalue weighted by atomic mass is 10.4. The van der Waals surface area contributed by atoms with Crippen LogP contribution in [0.4, 0.5) is 39.5 Å². The number of carbonyl (C=O) groups excluding carboxylic acids is 2. The van der Waals surface area contributed by atoms with Gasteiger partial charge < -0.3 is 18.4 Å². The molecule has 0 spiro atoms. The highest BCUT2D eigenvalue weighted by atomic mass is 19.4. The molecule has 3 rings (SSSR count). The van der Waals surface area contributed by atoms with E-state index in [2.05, 4.69) is 13.3 Å². The predicted molar refractivity (Wildman–Crippen MR) is 87.8 cm³/mol. The van der Waals surface area contributed by atoms with Crippen LogP contribution in [0.15, 0.2) is 49.6 Å². The van der Waals surface area contributed by atoms with Crippen LogP contribution in [0.1, 0.15) is 44.2 Å². The third-order valence-corrected chi connectivity index (χ3v) is 3.14. The van der Waals surface area contributed by atoms with Crippen LogP contribution in [-0.4, -0.2) is 17.7 Å². The topological polar surface area (TPSA) is 93.8 Å². The van der Waals surface area contributed by atoms with Crippen LogP contribution >= 0.6 is 0 Å². The molecule has 0 aliphatic carbocycles. The number of hydrogen-bond donors (Lipinski definition) is 1. The fraction of sp³-hybridized carbons (Fsp3) is 0.222. The maximum absolute atomic E-state index is 11.8. The number of aliphatic hydroxyl groups excluding tert-OH is 1. The summed E-state index contributed by atoms with van der Waals surface area (Å²) in [7, 11) is 0. The Balaban J connectivity index is 0.000000247. The minimum Gasteiger partial charge on any atom is -0.454 e. The maximum Gasteiger partial charge on any atom is 0.449 e. The number of aliphatic hydroxyl groups is 1. The molecule has 0 amide bonds. The molecule has 0 fully saturated rings. The van der Waals surface area contributed by atoms with Crippen molar-refractivity contribution in [1.29, 1.82) is 0 Å². The number of rotatable bonds is 3. The molecule has 15 heteroatoms. The minimum absolute atomic E-state index is 0.0858. The molecule has 0 aliphatic heterocycles. The summed E-state index contributed by atoms with van der Waals surface area (Å²) in [5.74, 6) is -4.12. The predicted octanol–water partition coefficient (Wildman–Crippen LogP) is 6.01. The minimum atomic E-state index is -4.51. The number of halogens is 9. The van der Waals surface area contributed by atoms with Gasteiger partial charge in [-0.05, 0) is 36.4 Å². The molecule has 0 saturated carbocycles. The smallest absolute Gasteiger partial charge is 0.449 e. The van der Waals surface area contributed by atoms with Gasteiger partial charge in [-0.2, -0.15) is 39.5 Å². The second kappa shape index (κ2) is 10.9. The fourth-order valence-corrected chi connectivity index (χ4v) is 1.75. The highest BCUT2D eigenvalue weighted by Gasteiger charge is 2.36. The zero-order valence-electron chi connectivity index (χ0n) is 15.7. The van der Waals surface area contributed by atoms with Crippen LogP contribution in [0.25, 0.3) is 0 Å². The Labute approximate surface area is 177 Å². The van der Waals surface area contributed by atoms with Gasteiger partial charge in [0.15, 0.2) is 24.1 Å². The highest BCUT2D eigenvalue weighted by Crippen LogP contribution is 2.31. The fourth-order valence-electron chi connectivity index (χ4n) is 1.75. The van der Waals surface area contributed by atoms with E-state index in [9.17, 15) is 49.1 Å². The quantitative estimate of drug-likeness (QED) is 0.354. The van der Waals surface area contributed by atoms with Crippen molar-refractivity contribution in [2.75, 3.05) is 0 Å². The van der Waals surface area contributed by atoms with Gasteiger partial charge in [0.25, 0.3) is 0 Å². The van der Waals surface area contributed by atoms with Gasteiger partial charge in [0.05, 0.1) is 0 Å². The van der Waals surface area contributed by atoms with Crippen molar-refractivity contribution < 1.29 is 67.5 Å². The third kappa shape index (κ3) is 8.88. The van der Waals surface area contributed by atoms with Crippen molar-refractivity contribution in [3.05, 3.63) is 71.0 Å². The summed E-state index contributed by atoms with van der Waals surface area (Å²) in [6.07, 6.45) is -13.1. The van der Waals surface area contributed by atoms with E-state index in [1.54, 1.807) is 0 Å². The largest absolute Gasteiger partial charge is 0.454 e. The molecule has 0 unspecified atom stereocenters. The van der Waals surface area contributed by atoms with Crippen molar-refractivity contribution in [3.63, 3.8) is 0 Å². The molecule has 33 heavy (non-hydrogen) atoms. The monoisotopic (exact) mass is 494 g/mol. The molecule has 0 atom stereocenters. The summed E-state index contributed by atoms with van der Waals surface area (Å²) in [6.45, 7) is -0.518. The second-order valence-corrected chi connectivity index (χ2v) is 5.56. The molecule has 1 N–H and O–H groups in total. The molecule has 3 heterocycles. The Bertz CT molecular complexity index is 965. The first kappa shape index (κ1) is 27.5. The van der Waals surface area contributed by atoms with Crippen LogP contribution in [0, 0.1) is 0 Å². The maximum atomic E-state index is 11.8. The van der Waals surface area contributed by atoms with E-state index < -0.39 is 42.4 Å². The number of alkyl halides is 9. The zero-order valence-corrected chi connectivity index (χ0v) is 15.7. The lowest BCUT2D eigenvalue weighted by molar-refractivity contribution is -0.154. The standard InChI is InChI=1S/C6H5F3O2.2C6H3F3O2/c3*7-6(8,9)5-2-1-4(3-10)11-5/h1-2,10H,3H2;2*1-3H. The number of furan rings is 3. The third-order valence-electron chi connectivity index (χ3n) is 3.14. The van der Waals surface area contributed by atoms with E-state index in [1.807, 2.05) is 0 Å². The first-order valence-electron chi connectivity index (χ1n) is 8.13. The average molecular weight is 494 g/mol. The van der Waals surface area contributed by atoms with E-state index in [1.165, 1.54) is 0 Å². The summed E-state index contributed by atoms with van der Waals surface area (Å²) in [6, 6.07) is 5.23. The number of aldehydes is 2. The molecule has 0 saturated heterocycles. The summed E-state index contributed by atoms with van der Waals surface area (Å²) in [4.78, 5) is 19.8. The Morgan fingerprint density at radius 2 is 0.939 bits per heavy atom. The number of carbonyl (C=O) groups is 2. The van der Waals surface area contributed by atoms with Crippen LogP contribution in [0.2, 0.25) is 0 Å². The zero-order chi connectivity index (χ0) is 25.4. The molecule has 0 aromatic carbocycles. The SMILES string of the molecule is O=Cc1ccc(C(F)(F)F)o1.O=Cc1ccc(C(F)(F)F)o1.OCc1ccc(C(F)(F)F)o1. The Kier molecular flexibility index (Phi) is 9.09. The second-order valence-electron chi connectivity index (χ2n) is 5.56. The van der Waals surface area contributed by atoms with Gasteiger partial charge in [-0.3, -0.25) is 9.59 Å². The van der Waals surface area contributed by atoms with Crippen molar-refractivity contribution in [2.24, 2.45) is 0 Å². The normalized spacial score (nSPS) is 11.7. The molecule has 6 nitrogen and oxygen atoms in total. The summed E-state index contributed by atoms with van der Waals surface area (Å²) in [5.41, 5.74) is 0.